The van der Waals surface area contributed by atoms with Crippen LogP contribution in [0.5, 0.6) is 0 Å². The van der Waals surface area contributed by atoms with Crippen molar-refractivity contribution in [3.63, 3.8) is 0 Å². The molecule has 0 heterocycles. The molecule has 0 bridgehead atoms. The van der Waals surface area contributed by atoms with Crippen molar-refractivity contribution in [3.8, 4) is 0 Å². The molecule has 0 atom stereocenters. The minimum atomic E-state index is -5.07. The lowest BCUT2D eigenvalue weighted by atomic mass is 10.1. The molecule has 0 spiro atoms. The molecule has 0 radical (unpaired) electrons. The van der Waals surface area contributed by atoms with Gasteiger partial charge in [0.25, 0.3) is 5.69 Å². The van der Waals surface area contributed by atoms with E-state index in [9.17, 15) is 28.1 Å². The third-order valence-corrected chi connectivity index (χ3v) is 2.07. The Bertz CT molecular complexity index is 485. The number of rotatable bonds is 3. The van der Waals surface area contributed by atoms with Gasteiger partial charge in [-0.3, -0.25) is 10.1 Å². The van der Waals surface area contributed by atoms with Crippen LogP contribution < -0.4 is 0 Å². The van der Waals surface area contributed by atoms with Crippen molar-refractivity contribution in [3.05, 3.63) is 39.4 Å². The van der Waals surface area contributed by atoms with Crippen molar-refractivity contribution in [2.24, 2.45) is 0 Å². The molecule has 0 N–H and O–H groups in total. The van der Waals surface area contributed by atoms with E-state index >= 15 is 0 Å². The van der Waals surface area contributed by atoms with Gasteiger partial charge in [-0.25, -0.2) is 4.79 Å². The first-order chi connectivity index (χ1) is 8.21. The molecule has 8 heteroatoms. The highest BCUT2D eigenvalue weighted by atomic mass is 19.4. The molecule has 0 aromatic heterocycles. The number of alkyl halides is 3. The molecule has 0 aliphatic carbocycles. The van der Waals surface area contributed by atoms with E-state index in [1.54, 1.807) is 0 Å². The third-order valence-electron chi connectivity index (χ3n) is 2.07. The number of hydrogen-bond donors (Lipinski definition) is 0. The highest BCUT2D eigenvalue weighted by Crippen LogP contribution is 2.21. The average molecular weight is 263 g/mol. The molecule has 0 saturated heterocycles. The smallest absolute Gasteiger partial charge is 0.454 e. The molecule has 1 aromatic carbocycles. The van der Waals surface area contributed by atoms with Gasteiger partial charge in [-0.1, -0.05) is 12.1 Å². The van der Waals surface area contributed by atoms with Crippen LogP contribution in [0.25, 0.3) is 0 Å². The molecule has 1 aromatic rings. The number of nitro benzene ring substituents is 1. The summed E-state index contributed by atoms with van der Waals surface area (Å²) in [6, 6.07) is 3.79. The second-order valence-electron chi connectivity index (χ2n) is 3.45. The largest absolute Gasteiger partial charge is 0.490 e. The molecule has 18 heavy (non-hydrogen) atoms. The van der Waals surface area contributed by atoms with Gasteiger partial charge in [0.15, 0.2) is 0 Å². The Kier molecular flexibility index (Phi) is 3.89. The van der Waals surface area contributed by atoms with Crippen LogP contribution in [0.3, 0.4) is 0 Å². The molecule has 0 amide bonds. The van der Waals surface area contributed by atoms with Gasteiger partial charge >= 0.3 is 12.1 Å². The molecule has 0 unspecified atom stereocenters. The minimum absolute atomic E-state index is 0.116. The monoisotopic (exact) mass is 263 g/mol. The summed E-state index contributed by atoms with van der Waals surface area (Å²) in [4.78, 5) is 20.4. The molecule has 5 nitrogen and oxygen atoms in total. The van der Waals surface area contributed by atoms with Crippen LogP contribution in [0.1, 0.15) is 11.1 Å². The van der Waals surface area contributed by atoms with E-state index in [0.717, 1.165) is 6.07 Å². The Morgan fingerprint density at radius 2 is 2.06 bits per heavy atom. The van der Waals surface area contributed by atoms with Gasteiger partial charge in [-0.05, 0) is 12.5 Å². The van der Waals surface area contributed by atoms with Gasteiger partial charge in [0.2, 0.25) is 0 Å². The summed E-state index contributed by atoms with van der Waals surface area (Å²) in [5.74, 6) is -2.33. The lowest BCUT2D eigenvalue weighted by Gasteiger charge is -2.07. The van der Waals surface area contributed by atoms with Gasteiger partial charge < -0.3 is 4.74 Å². The highest BCUT2D eigenvalue weighted by Gasteiger charge is 2.40. The molecule has 0 saturated carbocycles. The van der Waals surface area contributed by atoms with Crippen molar-refractivity contribution < 1.29 is 27.6 Å². The summed E-state index contributed by atoms with van der Waals surface area (Å²) in [5, 5.41) is 10.6. The molecule has 0 aliphatic heterocycles. The van der Waals surface area contributed by atoms with Crippen molar-refractivity contribution in [1.82, 2.24) is 0 Å². The zero-order valence-corrected chi connectivity index (χ0v) is 9.15. The van der Waals surface area contributed by atoms with Gasteiger partial charge in [-0.2, -0.15) is 13.2 Å². The minimum Gasteiger partial charge on any atom is -0.454 e. The van der Waals surface area contributed by atoms with Gasteiger partial charge in [-0.15, -0.1) is 0 Å². The topological polar surface area (TPSA) is 69.4 Å². The Labute approximate surface area is 99.3 Å². The van der Waals surface area contributed by atoms with E-state index in [1.165, 1.54) is 19.1 Å². The van der Waals surface area contributed by atoms with Gasteiger partial charge in [0.1, 0.15) is 6.61 Å². The average Bonchev–Trinajstić information content (AvgIpc) is 2.25. The Morgan fingerprint density at radius 1 is 1.44 bits per heavy atom. The number of nitro groups is 1. The van der Waals surface area contributed by atoms with E-state index in [-0.39, 0.29) is 11.3 Å². The first-order valence-corrected chi connectivity index (χ1v) is 4.69. The van der Waals surface area contributed by atoms with E-state index < -0.39 is 23.7 Å². The lowest BCUT2D eigenvalue weighted by molar-refractivity contribution is -0.385. The number of carbonyl (C=O) groups is 1. The fourth-order valence-corrected chi connectivity index (χ4v) is 1.17. The van der Waals surface area contributed by atoms with Gasteiger partial charge in [0, 0.05) is 11.6 Å². The predicted octanol–water partition coefficient (Wildman–Crippen LogP) is 2.51. The van der Waals surface area contributed by atoms with Crippen molar-refractivity contribution in [1.29, 1.82) is 0 Å². The summed E-state index contributed by atoms with van der Waals surface area (Å²) in [6.45, 7) is 0.823. The van der Waals surface area contributed by atoms with Crippen LogP contribution in [0.4, 0.5) is 18.9 Å². The zero-order valence-electron chi connectivity index (χ0n) is 9.15. The van der Waals surface area contributed by atoms with Crippen LogP contribution in [0, 0.1) is 17.0 Å². The molecule has 1 rings (SSSR count). The van der Waals surface area contributed by atoms with Crippen molar-refractivity contribution in [2.75, 3.05) is 0 Å². The van der Waals surface area contributed by atoms with E-state index in [4.69, 9.17) is 0 Å². The number of hydrogen-bond acceptors (Lipinski definition) is 4. The van der Waals surface area contributed by atoms with Crippen molar-refractivity contribution in [2.45, 2.75) is 19.7 Å². The maximum Gasteiger partial charge on any atom is 0.490 e. The first-order valence-electron chi connectivity index (χ1n) is 4.69. The highest BCUT2D eigenvalue weighted by molar-refractivity contribution is 5.75. The van der Waals surface area contributed by atoms with Crippen LogP contribution in [0.2, 0.25) is 0 Å². The normalized spacial score (nSPS) is 11.1. The Hall–Kier alpha value is -2.12. The number of esters is 1. The number of carbonyl (C=O) groups excluding carboxylic acids is 1. The maximum absolute atomic E-state index is 11.8. The lowest BCUT2D eigenvalue weighted by Crippen LogP contribution is -2.25. The number of nitrogens with zero attached hydrogens (tertiary/aromatic N) is 1. The van der Waals surface area contributed by atoms with E-state index in [2.05, 4.69) is 4.74 Å². The summed E-state index contributed by atoms with van der Waals surface area (Å²) in [5.41, 5.74) is 0.242. The number of aryl methyl sites for hydroxylation is 1. The second kappa shape index (κ2) is 5.03. The number of benzene rings is 1. The predicted molar refractivity (Wildman–Crippen MR) is 53.7 cm³/mol. The van der Waals surface area contributed by atoms with Gasteiger partial charge in [0.05, 0.1) is 4.92 Å². The Balaban J connectivity index is 2.78. The second-order valence-corrected chi connectivity index (χ2v) is 3.45. The third kappa shape index (κ3) is 3.44. The quantitative estimate of drug-likeness (QED) is 0.477. The molecular formula is C10H8F3NO4. The summed E-state index contributed by atoms with van der Waals surface area (Å²) < 4.78 is 39.5. The molecule has 98 valence electrons. The standard InChI is InChI=1S/C10H8F3NO4/c1-6-2-3-7(4-8(6)14(16)17)5-18-9(15)10(11,12)13/h2-4H,5H2,1H3. The first kappa shape index (κ1) is 13.9. The van der Waals surface area contributed by atoms with E-state index in [0.29, 0.717) is 5.56 Å². The molecular weight excluding hydrogens is 255 g/mol. The fraction of sp³-hybridized carbons (Fsp3) is 0.300. The van der Waals surface area contributed by atoms with Crippen molar-refractivity contribution >= 4 is 11.7 Å². The van der Waals surface area contributed by atoms with Crippen LogP contribution in [0.15, 0.2) is 18.2 Å². The SMILES string of the molecule is Cc1ccc(COC(=O)C(F)(F)F)cc1[N+](=O)[O-]. The van der Waals surface area contributed by atoms with Crippen LogP contribution >= 0.6 is 0 Å². The number of ether oxygens (including phenoxy) is 1. The van der Waals surface area contributed by atoms with Crippen LogP contribution in [-0.2, 0) is 16.1 Å². The fourth-order valence-electron chi connectivity index (χ4n) is 1.17. The number of halogens is 3. The summed E-state index contributed by atoms with van der Waals surface area (Å²) in [6.07, 6.45) is -5.07. The zero-order chi connectivity index (χ0) is 13.9. The Morgan fingerprint density at radius 3 is 2.56 bits per heavy atom. The van der Waals surface area contributed by atoms with E-state index in [1.807, 2.05) is 0 Å². The summed E-state index contributed by atoms with van der Waals surface area (Å²) in [7, 11) is 0. The van der Waals surface area contributed by atoms with Crippen LogP contribution in [-0.4, -0.2) is 17.1 Å². The maximum atomic E-state index is 11.8. The summed E-state index contributed by atoms with van der Waals surface area (Å²) >= 11 is 0. The molecule has 0 aliphatic rings. The molecule has 0 fully saturated rings.